The van der Waals surface area contributed by atoms with Crippen LogP contribution in [0.3, 0.4) is 0 Å². The van der Waals surface area contributed by atoms with Crippen molar-refractivity contribution < 1.29 is 14.7 Å². The highest BCUT2D eigenvalue weighted by molar-refractivity contribution is 6.15. The number of amides is 1. The molecule has 0 aromatic heterocycles. The van der Waals surface area contributed by atoms with Gasteiger partial charge >= 0.3 is 0 Å². The number of aliphatic hydroxyl groups is 1. The van der Waals surface area contributed by atoms with E-state index in [9.17, 15) is 14.7 Å². The molecule has 4 aliphatic rings. The van der Waals surface area contributed by atoms with Gasteiger partial charge in [-0.25, -0.2) is 0 Å². The second-order valence-corrected chi connectivity index (χ2v) is 11.6. The quantitative estimate of drug-likeness (QED) is 0.540. The number of carbonyl (C=O) groups excluding carboxylic acids is 2. The van der Waals surface area contributed by atoms with Gasteiger partial charge in [0.1, 0.15) is 5.41 Å². The van der Waals surface area contributed by atoms with Crippen LogP contribution in [-0.4, -0.2) is 40.4 Å². The number of fused-ring (bicyclic) bond motifs is 3. The van der Waals surface area contributed by atoms with Crippen molar-refractivity contribution >= 4 is 11.7 Å². The number of hydrogen-bond donors (Lipinski definition) is 1. The van der Waals surface area contributed by atoms with Crippen LogP contribution in [0, 0.1) is 52.8 Å². The minimum atomic E-state index is -1.08. The van der Waals surface area contributed by atoms with E-state index in [1.165, 1.54) is 12.8 Å². The molecule has 11 atom stereocenters. The first-order chi connectivity index (χ1) is 14.0. The fourth-order valence-corrected chi connectivity index (χ4v) is 8.19. The molecule has 1 N–H and O–H groups in total. The van der Waals surface area contributed by atoms with Gasteiger partial charge in [0, 0.05) is 18.9 Å². The first kappa shape index (κ1) is 22.0. The number of likely N-dealkylation sites (tertiary alicyclic amines) is 1. The van der Waals surface area contributed by atoms with Gasteiger partial charge in [0.05, 0.1) is 11.6 Å². The van der Waals surface area contributed by atoms with E-state index in [1.54, 1.807) is 11.9 Å². The maximum atomic E-state index is 14.0. The van der Waals surface area contributed by atoms with Gasteiger partial charge in [0.25, 0.3) is 0 Å². The molecule has 3 fully saturated rings. The topological polar surface area (TPSA) is 57.6 Å². The van der Waals surface area contributed by atoms with E-state index in [0.717, 1.165) is 6.42 Å². The largest absolute Gasteiger partial charge is 0.389 e. The molecule has 4 nitrogen and oxygen atoms in total. The molecule has 168 valence electrons. The second kappa shape index (κ2) is 7.18. The number of hydrogen-bond acceptors (Lipinski definition) is 3. The summed E-state index contributed by atoms with van der Waals surface area (Å²) in [6.45, 7) is 12.7. The van der Waals surface area contributed by atoms with Gasteiger partial charge in [-0.05, 0) is 61.7 Å². The molecule has 4 rings (SSSR count). The molecule has 30 heavy (non-hydrogen) atoms. The number of likely N-dealkylation sites (N-methyl/N-ethyl adjacent to an activating group) is 1. The number of ketones is 1. The summed E-state index contributed by atoms with van der Waals surface area (Å²) in [5.74, 6) is 2.17. The van der Waals surface area contributed by atoms with Crippen molar-refractivity contribution in [2.45, 2.75) is 78.9 Å². The highest BCUT2D eigenvalue weighted by Crippen LogP contribution is 2.62. The fourth-order valence-electron chi connectivity index (χ4n) is 8.19. The zero-order valence-electron chi connectivity index (χ0n) is 19.9. The molecule has 1 aliphatic heterocycles. The first-order valence-corrected chi connectivity index (χ1v) is 12.2. The van der Waals surface area contributed by atoms with Crippen molar-refractivity contribution in [2.75, 3.05) is 7.05 Å². The summed E-state index contributed by atoms with van der Waals surface area (Å²) in [6, 6.07) is -0.365. The van der Waals surface area contributed by atoms with Gasteiger partial charge in [0.2, 0.25) is 5.91 Å². The molecule has 0 bridgehead atoms. The van der Waals surface area contributed by atoms with Gasteiger partial charge in [0.15, 0.2) is 5.78 Å². The van der Waals surface area contributed by atoms with Crippen molar-refractivity contribution in [3.63, 3.8) is 0 Å². The van der Waals surface area contributed by atoms with Crippen molar-refractivity contribution in [1.82, 2.24) is 4.90 Å². The van der Waals surface area contributed by atoms with Crippen LogP contribution in [-0.2, 0) is 9.59 Å². The Morgan fingerprint density at radius 3 is 2.50 bits per heavy atom. The van der Waals surface area contributed by atoms with Crippen LogP contribution in [0.15, 0.2) is 12.2 Å². The lowest BCUT2D eigenvalue weighted by Crippen LogP contribution is -2.63. The smallest absolute Gasteiger partial charge is 0.237 e. The Morgan fingerprint density at radius 1 is 1.20 bits per heavy atom. The normalized spacial score (nSPS) is 51.8. The van der Waals surface area contributed by atoms with E-state index in [1.807, 2.05) is 13.8 Å². The van der Waals surface area contributed by atoms with Crippen LogP contribution < -0.4 is 0 Å². The molecule has 0 radical (unpaired) electrons. The average Bonchev–Trinajstić information content (AvgIpc) is 2.86. The molecule has 3 aliphatic carbocycles. The second-order valence-electron chi connectivity index (χ2n) is 11.6. The van der Waals surface area contributed by atoms with Gasteiger partial charge < -0.3 is 10.0 Å². The Labute approximate surface area is 182 Å². The summed E-state index contributed by atoms with van der Waals surface area (Å²) in [6.07, 6.45) is 8.43. The summed E-state index contributed by atoms with van der Waals surface area (Å²) >= 11 is 0. The average molecular weight is 416 g/mol. The van der Waals surface area contributed by atoms with Crippen molar-refractivity contribution in [2.24, 2.45) is 52.8 Å². The lowest BCUT2D eigenvalue weighted by Gasteiger charge is -2.59. The third-order valence-corrected chi connectivity index (χ3v) is 9.98. The monoisotopic (exact) mass is 415 g/mol. The van der Waals surface area contributed by atoms with E-state index in [2.05, 4.69) is 39.8 Å². The highest BCUT2D eigenvalue weighted by Gasteiger charge is 2.70. The first-order valence-electron chi connectivity index (χ1n) is 12.2. The Bertz CT molecular complexity index is 757. The van der Waals surface area contributed by atoms with E-state index >= 15 is 0 Å². The molecule has 1 spiro atoms. The summed E-state index contributed by atoms with van der Waals surface area (Å²) in [7, 11) is 1.80. The van der Waals surface area contributed by atoms with Crippen LogP contribution in [0.5, 0.6) is 0 Å². The molecule has 0 aromatic carbocycles. The van der Waals surface area contributed by atoms with Crippen LogP contribution in [0.1, 0.15) is 67.2 Å². The summed E-state index contributed by atoms with van der Waals surface area (Å²) in [5.41, 5.74) is -2.14. The van der Waals surface area contributed by atoms with Crippen molar-refractivity contribution in [3.8, 4) is 0 Å². The highest BCUT2D eigenvalue weighted by atomic mass is 16.3. The third-order valence-electron chi connectivity index (χ3n) is 9.98. The number of nitrogens with zero attached hydrogens (tertiary/aromatic N) is 1. The predicted octanol–water partition coefficient (Wildman–Crippen LogP) is 4.32. The molecule has 1 saturated heterocycles. The molecule has 1 heterocycles. The maximum Gasteiger partial charge on any atom is 0.237 e. The minimum Gasteiger partial charge on any atom is -0.389 e. The lowest BCUT2D eigenvalue weighted by molar-refractivity contribution is -0.181. The zero-order valence-corrected chi connectivity index (χ0v) is 19.9. The van der Waals surface area contributed by atoms with E-state index < -0.39 is 11.0 Å². The number of carbonyl (C=O) groups is 2. The van der Waals surface area contributed by atoms with Crippen LogP contribution in [0.2, 0.25) is 0 Å². The third kappa shape index (κ3) is 2.74. The molecule has 4 heteroatoms. The van der Waals surface area contributed by atoms with Crippen LogP contribution in [0.4, 0.5) is 0 Å². The van der Waals surface area contributed by atoms with Crippen molar-refractivity contribution in [1.29, 1.82) is 0 Å². The van der Waals surface area contributed by atoms with Crippen molar-refractivity contribution in [3.05, 3.63) is 12.2 Å². The molecule has 2 saturated carbocycles. The van der Waals surface area contributed by atoms with E-state index in [4.69, 9.17) is 0 Å². The van der Waals surface area contributed by atoms with E-state index in [0.29, 0.717) is 30.1 Å². The maximum absolute atomic E-state index is 14.0. The Balaban J connectivity index is 1.80. The van der Waals surface area contributed by atoms with E-state index in [-0.39, 0.29) is 41.4 Å². The van der Waals surface area contributed by atoms with Gasteiger partial charge in [-0.3, -0.25) is 9.59 Å². The molecular weight excluding hydrogens is 374 g/mol. The fraction of sp³-hybridized carbons (Fsp3) is 0.846. The lowest BCUT2D eigenvalue weighted by atomic mass is 9.45. The molecule has 0 aromatic rings. The van der Waals surface area contributed by atoms with Crippen LogP contribution >= 0.6 is 0 Å². The van der Waals surface area contributed by atoms with Gasteiger partial charge in [-0.1, -0.05) is 53.2 Å². The number of rotatable bonds is 2. The molecule has 1 amide bonds. The SMILES string of the molecule is CCC(C)C1C(=O)C2(C[C@@H]3[C@@H]4[C@H](C)C[C@H](C)C[C@@H]4C=C[C@@H]3[C@](C)(O)[C@H]2C)C(=O)N1C. The minimum absolute atomic E-state index is 0.0174. The zero-order chi connectivity index (χ0) is 22.2. The standard InChI is InChI=1S/C26H41NO3/c1-8-15(3)22-23(28)26(24(29)27(22)7)13-19-20(25(6,30)17(26)5)10-9-18-12-14(2)11-16(4)21(18)19/h9-10,14-22,30H,8,11-13H2,1-7H3/t14-,15?,16+,17+,18-,19-,20-,21+,22?,25+,26?/m0/s1. The number of Topliss-reactive ketones (excluding diaryl/α,β-unsaturated/α-hetero) is 1. The Hall–Kier alpha value is -1.16. The Morgan fingerprint density at radius 2 is 1.87 bits per heavy atom. The van der Waals surface area contributed by atoms with Gasteiger partial charge in [-0.2, -0.15) is 0 Å². The number of allylic oxidation sites excluding steroid dienone is 1. The summed E-state index contributed by atoms with van der Waals surface area (Å²) in [5, 5.41) is 11.8. The summed E-state index contributed by atoms with van der Waals surface area (Å²) < 4.78 is 0. The molecule has 3 unspecified atom stereocenters. The predicted molar refractivity (Wildman–Crippen MR) is 119 cm³/mol. The molecular formula is C26H41NO3. The Kier molecular flexibility index (Phi) is 5.28. The van der Waals surface area contributed by atoms with Crippen LogP contribution in [0.25, 0.3) is 0 Å². The van der Waals surface area contributed by atoms with Gasteiger partial charge in [-0.15, -0.1) is 0 Å². The summed E-state index contributed by atoms with van der Waals surface area (Å²) in [4.78, 5) is 29.5.